The monoisotopic (exact) mass is 158 g/mol. The van der Waals surface area contributed by atoms with E-state index in [0.29, 0.717) is 5.92 Å². The van der Waals surface area contributed by atoms with Crippen molar-refractivity contribution in [3.63, 3.8) is 0 Å². The van der Waals surface area contributed by atoms with Crippen LogP contribution in [-0.4, -0.2) is 17.8 Å². The van der Waals surface area contributed by atoms with Gasteiger partial charge in [-0.15, -0.1) is 0 Å². The van der Waals surface area contributed by atoms with Crippen molar-refractivity contribution < 1.29 is 4.79 Å². The number of rotatable bonds is 2. The second kappa shape index (κ2) is 2.95. The third-order valence-corrected chi connectivity index (χ3v) is 3.45. The van der Waals surface area contributed by atoms with Gasteiger partial charge >= 0.3 is 0 Å². The number of thioether (sulfide) groups is 1. The summed E-state index contributed by atoms with van der Waals surface area (Å²) >= 11 is 1.97. The first kappa shape index (κ1) is 8.12. The number of carbonyl (C=O) groups excluding carboxylic acids is 1. The Morgan fingerprint density at radius 1 is 1.60 bits per heavy atom. The van der Waals surface area contributed by atoms with E-state index < -0.39 is 0 Å². The summed E-state index contributed by atoms with van der Waals surface area (Å²) < 4.78 is 0. The molecule has 0 bridgehead atoms. The Hall–Kier alpha value is 0.0200. The van der Waals surface area contributed by atoms with E-state index >= 15 is 0 Å². The van der Waals surface area contributed by atoms with Crippen molar-refractivity contribution in [3.8, 4) is 0 Å². The summed E-state index contributed by atoms with van der Waals surface area (Å²) in [6.07, 6.45) is 2.32. The van der Waals surface area contributed by atoms with E-state index in [4.69, 9.17) is 0 Å². The highest BCUT2D eigenvalue weighted by atomic mass is 32.2. The minimum absolute atomic E-state index is 0.0799. The van der Waals surface area contributed by atoms with Gasteiger partial charge in [-0.25, -0.2) is 0 Å². The Balaban J connectivity index is 2.53. The average molecular weight is 158 g/mol. The molecule has 58 valence electrons. The lowest BCUT2D eigenvalue weighted by Crippen LogP contribution is -2.25. The zero-order valence-electron chi connectivity index (χ0n) is 6.59. The van der Waals surface area contributed by atoms with E-state index in [1.165, 1.54) is 17.9 Å². The highest BCUT2D eigenvalue weighted by Gasteiger charge is 2.31. The van der Waals surface area contributed by atoms with Gasteiger partial charge in [0.05, 0.1) is 0 Å². The van der Waals surface area contributed by atoms with Crippen molar-refractivity contribution in [2.45, 2.75) is 20.3 Å². The SMILES string of the molecule is CC(C)(C=O)C1CCSC1. The molecule has 1 nitrogen and oxygen atoms in total. The molecule has 10 heavy (non-hydrogen) atoms. The van der Waals surface area contributed by atoms with Crippen LogP contribution in [0.15, 0.2) is 0 Å². The third kappa shape index (κ3) is 1.54. The number of hydrogen-bond donors (Lipinski definition) is 0. The molecule has 0 spiro atoms. The molecule has 1 saturated heterocycles. The fraction of sp³-hybridized carbons (Fsp3) is 0.875. The molecule has 0 saturated carbocycles. The Bertz CT molecular complexity index is 125. The van der Waals surface area contributed by atoms with E-state index in [2.05, 4.69) is 0 Å². The van der Waals surface area contributed by atoms with E-state index in [0.717, 1.165) is 6.29 Å². The molecular weight excluding hydrogens is 144 g/mol. The van der Waals surface area contributed by atoms with Gasteiger partial charge in [0, 0.05) is 5.41 Å². The molecule has 0 aromatic rings. The van der Waals surface area contributed by atoms with Crippen LogP contribution < -0.4 is 0 Å². The van der Waals surface area contributed by atoms with Crippen LogP contribution in [0.25, 0.3) is 0 Å². The van der Waals surface area contributed by atoms with Crippen LogP contribution in [0.2, 0.25) is 0 Å². The summed E-state index contributed by atoms with van der Waals surface area (Å²) in [6.45, 7) is 4.08. The Kier molecular flexibility index (Phi) is 2.40. The van der Waals surface area contributed by atoms with Crippen molar-refractivity contribution in [3.05, 3.63) is 0 Å². The van der Waals surface area contributed by atoms with Crippen LogP contribution in [0.4, 0.5) is 0 Å². The summed E-state index contributed by atoms with van der Waals surface area (Å²) in [5.74, 6) is 3.03. The third-order valence-electron chi connectivity index (χ3n) is 2.29. The molecule has 1 aliphatic heterocycles. The molecule has 1 rings (SSSR count). The zero-order chi connectivity index (χ0) is 7.61. The maximum Gasteiger partial charge on any atom is 0.125 e. The topological polar surface area (TPSA) is 17.1 Å². The van der Waals surface area contributed by atoms with Gasteiger partial charge in [-0.05, 0) is 23.8 Å². The molecule has 0 amide bonds. The lowest BCUT2D eigenvalue weighted by molar-refractivity contribution is -0.116. The molecule has 0 radical (unpaired) electrons. The van der Waals surface area contributed by atoms with Gasteiger partial charge < -0.3 is 4.79 Å². The molecule has 0 N–H and O–H groups in total. The van der Waals surface area contributed by atoms with E-state index in [-0.39, 0.29) is 5.41 Å². The molecule has 2 heteroatoms. The second-order valence-corrected chi connectivity index (χ2v) is 4.65. The second-order valence-electron chi connectivity index (χ2n) is 3.50. The quantitative estimate of drug-likeness (QED) is 0.571. The molecule has 0 aromatic heterocycles. The molecule has 1 fully saturated rings. The molecule has 1 unspecified atom stereocenters. The first-order chi connectivity index (χ1) is 4.67. The van der Waals surface area contributed by atoms with Crippen LogP contribution in [-0.2, 0) is 4.79 Å². The van der Waals surface area contributed by atoms with Crippen molar-refractivity contribution in [2.24, 2.45) is 11.3 Å². The van der Waals surface area contributed by atoms with Crippen molar-refractivity contribution >= 4 is 18.0 Å². The van der Waals surface area contributed by atoms with E-state index in [9.17, 15) is 4.79 Å². The van der Waals surface area contributed by atoms with E-state index in [1.54, 1.807) is 0 Å². The molecular formula is C8H14OS. The average Bonchev–Trinajstić information content (AvgIpc) is 2.38. The number of carbonyl (C=O) groups is 1. The van der Waals surface area contributed by atoms with Gasteiger partial charge in [0.2, 0.25) is 0 Å². The first-order valence-corrected chi connectivity index (χ1v) is 4.86. The fourth-order valence-corrected chi connectivity index (χ4v) is 2.72. The highest BCUT2D eigenvalue weighted by molar-refractivity contribution is 7.99. The van der Waals surface area contributed by atoms with Crippen LogP contribution in [0, 0.1) is 11.3 Å². The van der Waals surface area contributed by atoms with Crippen LogP contribution >= 0.6 is 11.8 Å². The molecule has 1 atom stereocenters. The fourth-order valence-electron chi connectivity index (χ4n) is 1.22. The van der Waals surface area contributed by atoms with Crippen LogP contribution in [0.5, 0.6) is 0 Å². The van der Waals surface area contributed by atoms with Crippen LogP contribution in [0.3, 0.4) is 0 Å². The largest absolute Gasteiger partial charge is 0.303 e. The van der Waals surface area contributed by atoms with Crippen molar-refractivity contribution in [1.29, 1.82) is 0 Å². The molecule has 1 heterocycles. The minimum atomic E-state index is -0.0799. The molecule has 1 aliphatic rings. The zero-order valence-corrected chi connectivity index (χ0v) is 7.41. The number of aldehydes is 1. The van der Waals surface area contributed by atoms with Crippen LogP contribution in [0.1, 0.15) is 20.3 Å². The lowest BCUT2D eigenvalue weighted by atomic mass is 9.80. The minimum Gasteiger partial charge on any atom is -0.303 e. The smallest absolute Gasteiger partial charge is 0.125 e. The van der Waals surface area contributed by atoms with E-state index in [1.807, 2.05) is 25.6 Å². The Morgan fingerprint density at radius 3 is 2.70 bits per heavy atom. The summed E-state index contributed by atoms with van der Waals surface area (Å²) in [5.41, 5.74) is -0.0799. The summed E-state index contributed by atoms with van der Waals surface area (Å²) in [5, 5.41) is 0. The summed E-state index contributed by atoms with van der Waals surface area (Å²) in [6, 6.07) is 0. The van der Waals surface area contributed by atoms with Gasteiger partial charge in [0.1, 0.15) is 6.29 Å². The summed E-state index contributed by atoms with van der Waals surface area (Å²) in [4.78, 5) is 10.6. The van der Waals surface area contributed by atoms with Gasteiger partial charge in [0.25, 0.3) is 0 Å². The maximum absolute atomic E-state index is 10.6. The Labute approximate surface area is 66.6 Å². The van der Waals surface area contributed by atoms with Gasteiger partial charge in [-0.2, -0.15) is 11.8 Å². The van der Waals surface area contributed by atoms with Crippen molar-refractivity contribution in [1.82, 2.24) is 0 Å². The number of hydrogen-bond acceptors (Lipinski definition) is 2. The maximum atomic E-state index is 10.6. The highest BCUT2D eigenvalue weighted by Crippen LogP contribution is 2.36. The predicted molar refractivity (Wildman–Crippen MR) is 45.3 cm³/mol. The lowest BCUT2D eigenvalue weighted by Gasteiger charge is -2.23. The van der Waals surface area contributed by atoms with Gasteiger partial charge in [-0.3, -0.25) is 0 Å². The molecule has 0 aromatic carbocycles. The van der Waals surface area contributed by atoms with Gasteiger partial charge in [-0.1, -0.05) is 13.8 Å². The normalized spacial score (nSPS) is 26.8. The summed E-state index contributed by atoms with van der Waals surface area (Å²) in [7, 11) is 0. The standard InChI is InChI=1S/C8H14OS/c1-8(2,6-9)7-3-4-10-5-7/h6-7H,3-5H2,1-2H3. The van der Waals surface area contributed by atoms with Gasteiger partial charge in [0.15, 0.2) is 0 Å². The van der Waals surface area contributed by atoms with Crippen molar-refractivity contribution in [2.75, 3.05) is 11.5 Å². The first-order valence-electron chi connectivity index (χ1n) is 3.71. The molecule has 0 aliphatic carbocycles. The Morgan fingerprint density at radius 2 is 2.30 bits per heavy atom. The predicted octanol–water partition coefficient (Wildman–Crippen LogP) is 1.96.